The molecular weight excluding hydrogens is 322 g/mol. The van der Waals surface area contributed by atoms with E-state index in [0.717, 1.165) is 29.8 Å². The van der Waals surface area contributed by atoms with Crippen LogP contribution >= 0.6 is 0 Å². The lowest BCUT2D eigenvalue weighted by Gasteiger charge is -2.10. The van der Waals surface area contributed by atoms with Gasteiger partial charge < -0.3 is 10.1 Å². The van der Waals surface area contributed by atoms with Crippen LogP contribution in [0.2, 0.25) is 0 Å². The summed E-state index contributed by atoms with van der Waals surface area (Å²) in [6, 6.07) is 25.4. The van der Waals surface area contributed by atoms with E-state index in [1.807, 2.05) is 61.5 Å². The van der Waals surface area contributed by atoms with E-state index >= 15 is 0 Å². The second-order valence-electron chi connectivity index (χ2n) is 6.29. The molecule has 0 bridgehead atoms. The Hall–Kier alpha value is -3.07. The third-order valence-electron chi connectivity index (χ3n) is 4.09. The molecule has 3 nitrogen and oxygen atoms in total. The van der Waals surface area contributed by atoms with Gasteiger partial charge in [0, 0.05) is 17.3 Å². The lowest BCUT2D eigenvalue weighted by Crippen LogP contribution is -2.12. The molecule has 0 saturated heterocycles. The van der Waals surface area contributed by atoms with Crippen LogP contribution in [0.25, 0.3) is 0 Å². The van der Waals surface area contributed by atoms with E-state index in [-0.39, 0.29) is 5.91 Å². The maximum absolute atomic E-state index is 12.3. The van der Waals surface area contributed by atoms with Gasteiger partial charge in [0.25, 0.3) is 5.91 Å². The van der Waals surface area contributed by atoms with Gasteiger partial charge in [-0.25, -0.2) is 0 Å². The molecule has 3 heteroatoms. The SMILES string of the molecule is Cc1cccc(C(=O)Nc2cccc(OCCCc3ccccc3)c2)c1. The molecule has 0 heterocycles. The number of carbonyl (C=O) groups excluding carboxylic acids is 1. The Kier molecular flexibility index (Phi) is 6.05. The topological polar surface area (TPSA) is 38.3 Å². The van der Waals surface area contributed by atoms with E-state index in [1.54, 1.807) is 0 Å². The molecule has 3 aromatic rings. The molecule has 1 amide bonds. The summed E-state index contributed by atoms with van der Waals surface area (Å²) < 4.78 is 5.82. The lowest BCUT2D eigenvalue weighted by molar-refractivity contribution is 0.102. The molecule has 0 saturated carbocycles. The molecule has 0 spiro atoms. The summed E-state index contributed by atoms with van der Waals surface area (Å²) in [5.74, 6) is 0.648. The van der Waals surface area contributed by atoms with E-state index in [4.69, 9.17) is 4.74 Å². The van der Waals surface area contributed by atoms with Gasteiger partial charge in [-0.2, -0.15) is 0 Å². The quantitative estimate of drug-likeness (QED) is 0.593. The number of hydrogen-bond donors (Lipinski definition) is 1. The van der Waals surface area contributed by atoms with Gasteiger partial charge >= 0.3 is 0 Å². The van der Waals surface area contributed by atoms with Crippen molar-refractivity contribution in [3.8, 4) is 5.75 Å². The average molecular weight is 345 g/mol. The minimum Gasteiger partial charge on any atom is -0.494 e. The summed E-state index contributed by atoms with van der Waals surface area (Å²) in [7, 11) is 0. The smallest absolute Gasteiger partial charge is 0.255 e. The van der Waals surface area contributed by atoms with Gasteiger partial charge in [-0.1, -0.05) is 54.1 Å². The second-order valence-corrected chi connectivity index (χ2v) is 6.29. The van der Waals surface area contributed by atoms with Crippen molar-refractivity contribution in [2.24, 2.45) is 0 Å². The predicted molar refractivity (Wildman–Crippen MR) is 106 cm³/mol. The Morgan fingerprint density at radius 3 is 2.54 bits per heavy atom. The Labute approximate surface area is 154 Å². The van der Waals surface area contributed by atoms with Crippen LogP contribution in [0.5, 0.6) is 5.75 Å². The van der Waals surface area contributed by atoms with Crippen molar-refractivity contribution in [1.82, 2.24) is 0 Å². The first-order valence-corrected chi connectivity index (χ1v) is 8.85. The molecule has 3 rings (SSSR count). The number of ether oxygens (including phenoxy) is 1. The minimum absolute atomic E-state index is 0.116. The predicted octanol–water partition coefficient (Wildman–Crippen LogP) is 5.26. The number of aryl methyl sites for hydroxylation is 2. The molecule has 26 heavy (non-hydrogen) atoms. The molecule has 3 aromatic carbocycles. The fraction of sp³-hybridized carbons (Fsp3) is 0.174. The van der Waals surface area contributed by atoms with Gasteiger partial charge in [-0.05, 0) is 49.6 Å². The summed E-state index contributed by atoms with van der Waals surface area (Å²) in [6.07, 6.45) is 1.94. The van der Waals surface area contributed by atoms with Gasteiger partial charge in [0.05, 0.1) is 6.61 Å². The molecule has 132 valence electrons. The normalized spacial score (nSPS) is 10.3. The maximum Gasteiger partial charge on any atom is 0.255 e. The Morgan fingerprint density at radius 2 is 1.73 bits per heavy atom. The molecule has 0 aliphatic carbocycles. The summed E-state index contributed by atoms with van der Waals surface area (Å²) in [5.41, 5.74) is 3.76. The highest BCUT2D eigenvalue weighted by Crippen LogP contribution is 2.19. The highest BCUT2D eigenvalue weighted by molar-refractivity contribution is 6.04. The van der Waals surface area contributed by atoms with Crippen molar-refractivity contribution in [3.63, 3.8) is 0 Å². The number of rotatable bonds is 7. The first-order valence-electron chi connectivity index (χ1n) is 8.85. The summed E-state index contributed by atoms with van der Waals surface area (Å²) in [6.45, 7) is 2.62. The van der Waals surface area contributed by atoms with E-state index in [2.05, 4.69) is 29.6 Å². The van der Waals surface area contributed by atoms with Crippen LogP contribution in [-0.2, 0) is 6.42 Å². The number of anilines is 1. The third kappa shape index (κ3) is 5.21. The van der Waals surface area contributed by atoms with Crippen molar-refractivity contribution in [2.45, 2.75) is 19.8 Å². The van der Waals surface area contributed by atoms with Crippen molar-refractivity contribution >= 4 is 11.6 Å². The van der Waals surface area contributed by atoms with Gasteiger partial charge in [-0.15, -0.1) is 0 Å². The van der Waals surface area contributed by atoms with Gasteiger partial charge in [0.1, 0.15) is 5.75 Å². The molecule has 0 atom stereocenters. The highest BCUT2D eigenvalue weighted by atomic mass is 16.5. The van der Waals surface area contributed by atoms with Gasteiger partial charge in [0.2, 0.25) is 0 Å². The molecular formula is C23H23NO2. The Bertz CT molecular complexity index is 859. The lowest BCUT2D eigenvalue weighted by atomic mass is 10.1. The maximum atomic E-state index is 12.3. The zero-order valence-corrected chi connectivity index (χ0v) is 14.9. The fourth-order valence-electron chi connectivity index (χ4n) is 2.76. The van der Waals surface area contributed by atoms with Crippen molar-refractivity contribution in [2.75, 3.05) is 11.9 Å². The van der Waals surface area contributed by atoms with Crippen LogP contribution in [0, 0.1) is 6.92 Å². The summed E-state index contributed by atoms with van der Waals surface area (Å²) >= 11 is 0. The molecule has 0 fully saturated rings. The second kappa shape index (κ2) is 8.86. The Balaban J connectivity index is 1.52. The van der Waals surface area contributed by atoms with Crippen LogP contribution in [-0.4, -0.2) is 12.5 Å². The summed E-state index contributed by atoms with van der Waals surface area (Å²) in [5, 5.41) is 2.92. The highest BCUT2D eigenvalue weighted by Gasteiger charge is 2.06. The Morgan fingerprint density at radius 1 is 0.923 bits per heavy atom. The van der Waals surface area contributed by atoms with E-state index in [1.165, 1.54) is 5.56 Å². The van der Waals surface area contributed by atoms with Crippen molar-refractivity contribution in [3.05, 3.63) is 95.6 Å². The van der Waals surface area contributed by atoms with Gasteiger partial charge in [-0.3, -0.25) is 4.79 Å². The van der Waals surface area contributed by atoms with Crippen molar-refractivity contribution in [1.29, 1.82) is 0 Å². The van der Waals surface area contributed by atoms with Crippen molar-refractivity contribution < 1.29 is 9.53 Å². The van der Waals surface area contributed by atoms with Crippen LogP contribution in [0.1, 0.15) is 27.9 Å². The van der Waals surface area contributed by atoms with Crippen LogP contribution in [0.4, 0.5) is 5.69 Å². The first-order chi connectivity index (χ1) is 12.7. The third-order valence-corrected chi connectivity index (χ3v) is 4.09. The van der Waals surface area contributed by atoms with E-state index < -0.39 is 0 Å². The number of hydrogen-bond acceptors (Lipinski definition) is 2. The number of amides is 1. The largest absolute Gasteiger partial charge is 0.494 e. The number of benzene rings is 3. The van der Waals surface area contributed by atoms with Crippen LogP contribution in [0.15, 0.2) is 78.9 Å². The first kappa shape index (κ1) is 17.7. The summed E-state index contributed by atoms with van der Waals surface area (Å²) in [4.78, 5) is 12.3. The molecule has 0 aliphatic rings. The van der Waals surface area contributed by atoms with Crippen LogP contribution < -0.4 is 10.1 Å². The molecule has 0 aliphatic heterocycles. The van der Waals surface area contributed by atoms with E-state index in [9.17, 15) is 4.79 Å². The molecule has 0 radical (unpaired) electrons. The van der Waals surface area contributed by atoms with Gasteiger partial charge in [0.15, 0.2) is 0 Å². The zero-order chi connectivity index (χ0) is 18.2. The average Bonchev–Trinajstić information content (AvgIpc) is 2.66. The fourth-order valence-corrected chi connectivity index (χ4v) is 2.76. The number of carbonyl (C=O) groups is 1. The van der Waals surface area contributed by atoms with Crippen LogP contribution in [0.3, 0.4) is 0 Å². The number of nitrogens with one attached hydrogen (secondary N) is 1. The molecule has 0 aromatic heterocycles. The molecule has 0 unspecified atom stereocenters. The standard InChI is InChI=1S/C23H23NO2/c1-18-8-5-12-20(16-18)23(25)24-21-13-6-14-22(17-21)26-15-7-11-19-9-3-2-4-10-19/h2-6,8-10,12-14,16-17H,7,11,15H2,1H3,(H,24,25). The van der Waals surface area contributed by atoms with E-state index in [0.29, 0.717) is 12.2 Å². The molecule has 1 N–H and O–H groups in total. The zero-order valence-electron chi connectivity index (χ0n) is 14.9. The minimum atomic E-state index is -0.116. The monoisotopic (exact) mass is 345 g/mol.